The van der Waals surface area contributed by atoms with E-state index in [1.165, 1.54) is 11.3 Å². The highest BCUT2D eigenvalue weighted by Gasteiger charge is 2.11. The molecular formula is C12H10ClNO2S. The first-order valence-electron chi connectivity index (χ1n) is 4.89. The fourth-order valence-corrected chi connectivity index (χ4v) is 2.33. The van der Waals surface area contributed by atoms with Crippen LogP contribution in [0.25, 0.3) is 0 Å². The maximum atomic E-state index is 11.9. The molecule has 2 rings (SSSR count). The highest BCUT2D eigenvalue weighted by atomic mass is 35.5. The summed E-state index contributed by atoms with van der Waals surface area (Å²) in [5.74, 6) is 0.440. The number of ether oxygens (including phenoxy) is 1. The maximum Gasteiger partial charge on any atom is 0.265 e. The zero-order chi connectivity index (χ0) is 12.3. The molecule has 0 spiro atoms. The van der Waals surface area contributed by atoms with Crippen LogP contribution in [0.2, 0.25) is 5.02 Å². The Bertz CT molecular complexity index is 539. The van der Waals surface area contributed by atoms with Gasteiger partial charge < -0.3 is 10.1 Å². The van der Waals surface area contributed by atoms with Gasteiger partial charge in [0.2, 0.25) is 0 Å². The van der Waals surface area contributed by atoms with Crippen molar-refractivity contribution in [2.75, 3.05) is 12.4 Å². The first-order chi connectivity index (χ1) is 8.20. The molecule has 0 saturated heterocycles. The Morgan fingerprint density at radius 1 is 1.41 bits per heavy atom. The molecule has 5 heteroatoms. The molecule has 1 aromatic heterocycles. The second kappa shape index (κ2) is 5.21. The standard InChI is InChI=1S/C12H10ClNO2S/c1-16-10-5-3-2-4-9(10)14-12(15)11-6-8(13)7-17-11/h2-7H,1H3,(H,14,15). The lowest BCUT2D eigenvalue weighted by atomic mass is 10.3. The molecule has 0 saturated carbocycles. The van der Waals surface area contributed by atoms with Crippen molar-refractivity contribution in [2.45, 2.75) is 0 Å². The van der Waals surface area contributed by atoms with Crippen LogP contribution < -0.4 is 10.1 Å². The van der Waals surface area contributed by atoms with Crippen LogP contribution in [-0.2, 0) is 0 Å². The van der Waals surface area contributed by atoms with E-state index >= 15 is 0 Å². The molecule has 0 aliphatic rings. The molecule has 17 heavy (non-hydrogen) atoms. The van der Waals surface area contributed by atoms with Gasteiger partial charge in [-0.2, -0.15) is 0 Å². The van der Waals surface area contributed by atoms with Crippen LogP contribution in [0, 0.1) is 0 Å². The molecule has 1 heterocycles. The van der Waals surface area contributed by atoms with Crippen LogP contribution in [0.4, 0.5) is 5.69 Å². The zero-order valence-electron chi connectivity index (χ0n) is 9.07. The number of rotatable bonds is 3. The van der Waals surface area contributed by atoms with Crippen molar-refractivity contribution in [1.82, 2.24) is 0 Å². The average molecular weight is 268 g/mol. The number of thiophene rings is 1. The summed E-state index contributed by atoms with van der Waals surface area (Å²) in [6.07, 6.45) is 0. The van der Waals surface area contributed by atoms with Gasteiger partial charge in [0.05, 0.1) is 22.7 Å². The Morgan fingerprint density at radius 3 is 2.82 bits per heavy atom. The number of amides is 1. The summed E-state index contributed by atoms with van der Waals surface area (Å²) >= 11 is 7.08. The molecule has 0 aliphatic heterocycles. The molecule has 1 N–H and O–H groups in total. The molecule has 0 fully saturated rings. The van der Waals surface area contributed by atoms with Crippen LogP contribution in [0.15, 0.2) is 35.7 Å². The van der Waals surface area contributed by atoms with Crippen molar-refractivity contribution >= 4 is 34.5 Å². The number of carbonyl (C=O) groups is 1. The fraction of sp³-hybridized carbons (Fsp3) is 0.0833. The monoisotopic (exact) mass is 267 g/mol. The van der Waals surface area contributed by atoms with E-state index in [4.69, 9.17) is 16.3 Å². The number of hydrogen-bond acceptors (Lipinski definition) is 3. The van der Waals surface area contributed by atoms with Crippen LogP contribution in [0.3, 0.4) is 0 Å². The average Bonchev–Trinajstić information content (AvgIpc) is 2.77. The first-order valence-corrected chi connectivity index (χ1v) is 6.15. The van der Waals surface area contributed by atoms with Crippen LogP contribution in [0.1, 0.15) is 9.67 Å². The summed E-state index contributed by atoms with van der Waals surface area (Å²) in [7, 11) is 1.56. The van der Waals surface area contributed by atoms with Gasteiger partial charge in [-0.25, -0.2) is 0 Å². The van der Waals surface area contributed by atoms with E-state index in [1.807, 2.05) is 12.1 Å². The number of methoxy groups -OCH3 is 1. The van der Waals surface area contributed by atoms with Crippen LogP contribution >= 0.6 is 22.9 Å². The molecule has 0 aliphatic carbocycles. The summed E-state index contributed by atoms with van der Waals surface area (Å²) in [4.78, 5) is 12.5. The Morgan fingerprint density at radius 2 is 2.18 bits per heavy atom. The van der Waals surface area contributed by atoms with Crippen molar-refractivity contribution in [1.29, 1.82) is 0 Å². The number of para-hydroxylation sites is 2. The molecule has 3 nitrogen and oxygen atoms in total. The van der Waals surface area contributed by atoms with E-state index in [2.05, 4.69) is 5.32 Å². The Labute approximate surface area is 108 Å². The van der Waals surface area contributed by atoms with Crippen molar-refractivity contribution < 1.29 is 9.53 Å². The highest BCUT2D eigenvalue weighted by Crippen LogP contribution is 2.25. The van der Waals surface area contributed by atoms with E-state index in [0.29, 0.717) is 21.3 Å². The van der Waals surface area contributed by atoms with E-state index in [1.54, 1.807) is 30.7 Å². The molecular weight excluding hydrogens is 258 g/mol. The molecule has 0 bridgehead atoms. The number of benzene rings is 1. The summed E-state index contributed by atoms with van der Waals surface area (Å²) in [5, 5.41) is 5.07. The number of anilines is 1. The lowest BCUT2D eigenvalue weighted by Gasteiger charge is -2.08. The van der Waals surface area contributed by atoms with Gasteiger partial charge >= 0.3 is 0 Å². The minimum atomic E-state index is -0.189. The lowest BCUT2D eigenvalue weighted by molar-refractivity contribution is 0.103. The Hall–Kier alpha value is -1.52. The van der Waals surface area contributed by atoms with Gasteiger partial charge in [-0.1, -0.05) is 23.7 Å². The van der Waals surface area contributed by atoms with Gasteiger partial charge in [0.25, 0.3) is 5.91 Å². The quantitative estimate of drug-likeness (QED) is 0.922. The normalized spacial score (nSPS) is 10.0. The van der Waals surface area contributed by atoms with Gasteiger partial charge in [0, 0.05) is 5.38 Å². The van der Waals surface area contributed by atoms with Gasteiger partial charge in [-0.05, 0) is 18.2 Å². The second-order valence-electron chi connectivity index (χ2n) is 3.28. The Kier molecular flexibility index (Phi) is 3.66. The van der Waals surface area contributed by atoms with Gasteiger partial charge in [-0.15, -0.1) is 11.3 Å². The van der Waals surface area contributed by atoms with Crippen LogP contribution in [0.5, 0.6) is 5.75 Å². The SMILES string of the molecule is COc1ccccc1NC(=O)c1cc(Cl)cs1. The van der Waals surface area contributed by atoms with Crippen molar-refractivity contribution in [3.63, 3.8) is 0 Å². The number of halogens is 1. The second-order valence-corrected chi connectivity index (χ2v) is 4.63. The topological polar surface area (TPSA) is 38.3 Å². The first kappa shape index (κ1) is 12.0. The Balaban J connectivity index is 2.18. The molecule has 1 aromatic carbocycles. The summed E-state index contributed by atoms with van der Waals surface area (Å²) in [5.41, 5.74) is 0.643. The highest BCUT2D eigenvalue weighted by molar-refractivity contribution is 7.12. The summed E-state index contributed by atoms with van der Waals surface area (Å²) in [6, 6.07) is 8.88. The van der Waals surface area contributed by atoms with Gasteiger partial charge in [0.1, 0.15) is 5.75 Å². The largest absolute Gasteiger partial charge is 0.495 e. The molecule has 1 amide bonds. The molecule has 0 unspecified atom stereocenters. The molecule has 88 valence electrons. The summed E-state index contributed by atoms with van der Waals surface area (Å²) < 4.78 is 5.15. The van der Waals surface area contributed by atoms with E-state index < -0.39 is 0 Å². The van der Waals surface area contributed by atoms with Gasteiger partial charge in [0.15, 0.2) is 0 Å². The predicted molar refractivity (Wildman–Crippen MR) is 70.3 cm³/mol. The number of hydrogen-bond donors (Lipinski definition) is 1. The van der Waals surface area contributed by atoms with Crippen LogP contribution in [-0.4, -0.2) is 13.0 Å². The molecule has 0 radical (unpaired) electrons. The third-order valence-corrected chi connectivity index (χ3v) is 3.42. The maximum absolute atomic E-state index is 11.9. The van der Waals surface area contributed by atoms with E-state index in [-0.39, 0.29) is 5.91 Å². The smallest absolute Gasteiger partial charge is 0.265 e. The summed E-state index contributed by atoms with van der Waals surface area (Å²) in [6.45, 7) is 0. The van der Waals surface area contributed by atoms with Gasteiger partial charge in [-0.3, -0.25) is 4.79 Å². The third-order valence-electron chi connectivity index (χ3n) is 2.15. The fourth-order valence-electron chi connectivity index (χ4n) is 1.36. The van der Waals surface area contributed by atoms with E-state index in [9.17, 15) is 4.79 Å². The predicted octanol–water partition coefficient (Wildman–Crippen LogP) is 3.66. The van der Waals surface area contributed by atoms with Crippen molar-refractivity contribution in [3.05, 3.63) is 45.6 Å². The minimum absolute atomic E-state index is 0.189. The third kappa shape index (κ3) is 2.78. The number of carbonyl (C=O) groups excluding carboxylic acids is 1. The van der Waals surface area contributed by atoms with Crippen molar-refractivity contribution in [2.24, 2.45) is 0 Å². The molecule has 0 atom stereocenters. The zero-order valence-corrected chi connectivity index (χ0v) is 10.6. The number of nitrogens with one attached hydrogen (secondary N) is 1. The molecule has 2 aromatic rings. The minimum Gasteiger partial charge on any atom is -0.495 e. The van der Waals surface area contributed by atoms with Crippen molar-refractivity contribution in [3.8, 4) is 5.75 Å². The van der Waals surface area contributed by atoms with E-state index in [0.717, 1.165) is 0 Å². The lowest BCUT2D eigenvalue weighted by Crippen LogP contribution is -2.10.